The second kappa shape index (κ2) is 26.3. The molecule has 0 aliphatic heterocycles. The molecule has 0 spiro atoms. The highest BCUT2D eigenvalue weighted by atomic mass is 16.5. The molecule has 2 nitrogen and oxygen atoms in total. The largest absolute Gasteiger partial charge is 0.494 e. The number of rotatable bonds is 29. The van der Waals surface area contributed by atoms with Crippen LogP contribution in [0.3, 0.4) is 0 Å². The van der Waals surface area contributed by atoms with E-state index in [0.29, 0.717) is 0 Å². The summed E-state index contributed by atoms with van der Waals surface area (Å²) in [4.78, 5) is 0. The zero-order valence-corrected chi connectivity index (χ0v) is 33.0. The van der Waals surface area contributed by atoms with Crippen LogP contribution in [0.2, 0.25) is 0 Å². The minimum atomic E-state index is 0.809. The highest BCUT2D eigenvalue weighted by Gasteiger charge is 2.05. The molecule has 0 aliphatic carbocycles. The van der Waals surface area contributed by atoms with Crippen molar-refractivity contribution in [2.24, 2.45) is 0 Å². The van der Waals surface area contributed by atoms with Gasteiger partial charge in [-0.25, -0.2) is 0 Å². The Morgan fingerprint density at radius 1 is 0.250 bits per heavy atom. The Morgan fingerprint density at radius 3 is 0.673 bits per heavy atom. The summed E-state index contributed by atoms with van der Waals surface area (Å²) in [6.07, 6.45) is 29.8. The third kappa shape index (κ3) is 16.4. The van der Waals surface area contributed by atoms with Gasteiger partial charge in [-0.1, -0.05) is 215 Å². The van der Waals surface area contributed by atoms with E-state index >= 15 is 0 Å². The summed E-state index contributed by atoms with van der Waals surface area (Å²) in [5.41, 5.74) is 7.35. The fourth-order valence-electron chi connectivity index (χ4n) is 7.11. The average Bonchev–Trinajstić information content (AvgIpc) is 3.19. The summed E-state index contributed by atoms with van der Waals surface area (Å²) in [7, 11) is 0. The number of unbranched alkanes of at least 4 members (excludes halogenated alkanes) is 20. The van der Waals surface area contributed by atoms with Crippen molar-refractivity contribution < 1.29 is 9.47 Å². The Kier molecular flexibility index (Phi) is 20.8. The minimum Gasteiger partial charge on any atom is -0.494 e. The van der Waals surface area contributed by atoms with Crippen molar-refractivity contribution in [3.05, 3.63) is 97.1 Å². The van der Waals surface area contributed by atoms with E-state index in [1.165, 1.54) is 162 Å². The Labute approximate surface area is 318 Å². The number of hydrogen-bond acceptors (Lipinski definition) is 2. The van der Waals surface area contributed by atoms with Gasteiger partial charge in [0.25, 0.3) is 0 Å². The van der Waals surface area contributed by atoms with E-state index < -0.39 is 0 Å². The van der Waals surface area contributed by atoms with Crippen molar-refractivity contribution in [1.82, 2.24) is 0 Å². The summed E-state index contributed by atoms with van der Waals surface area (Å²) in [6, 6.07) is 34.9. The monoisotopic (exact) mass is 703 g/mol. The van der Waals surface area contributed by atoms with Crippen molar-refractivity contribution in [2.45, 2.75) is 155 Å². The maximum atomic E-state index is 6.04. The van der Waals surface area contributed by atoms with Crippen molar-refractivity contribution in [3.8, 4) is 44.9 Å². The number of ether oxygens (including phenoxy) is 2. The van der Waals surface area contributed by atoms with Crippen molar-refractivity contribution in [1.29, 1.82) is 0 Å². The van der Waals surface area contributed by atoms with Crippen molar-refractivity contribution in [2.75, 3.05) is 13.2 Å². The molecule has 0 unspecified atom stereocenters. The molecule has 0 bridgehead atoms. The third-order valence-electron chi connectivity index (χ3n) is 10.5. The molecule has 0 saturated carbocycles. The SMILES string of the molecule is CCCCCCCCCCCCCOc1ccc(-c2ccc(-c3ccc(-c4ccc(OCCCCCCCCCCCCC)cc4)cc3)cc2)cc1. The molecule has 0 fully saturated rings. The zero-order valence-electron chi connectivity index (χ0n) is 33.0. The lowest BCUT2D eigenvalue weighted by Gasteiger charge is -2.09. The highest BCUT2D eigenvalue weighted by Crippen LogP contribution is 2.29. The van der Waals surface area contributed by atoms with Gasteiger partial charge in [0.2, 0.25) is 0 Å². The van der Waals surface area contributed by atoms with Gasteiger partial charge in [-0.3, -0.25) is 0 Å². The molecule has 4 aromatic rings. The van der Waals surface area contributed by atoms with E-state index in [1.807, 2.05) is 0 Å². The molecule has 282 valence electrons. The van der Waals surface area contributed by atoms with Crippen LogP contribution >= 0.6 is 0 Å². The molecule has 52 heavy (non-hydrogen) atoms. The first-order valence-electron chi connectivity index (χ1n) is 21.4. The fourth-order valence-corrected chi connectivity index (χ4v) is 7.11. The van der Waals surface area contributed by atoms with Gasteiger partial charge in [-0.2, -0.15) is 0 Å². The average molecular weight is 703 g/mol. The molecule has 0 N–H and O–H groups in total. The van der Waals surface area contributed by atoms with Crippen LogP contribution in [-0.4, -0.2) is 13.2 Å². The van der Waals surface area contributed by atoms with Crippen LogP contribution < -0.4 is 9.47 Å². The normalized spacial score (nSPS) is 11.2. The molecule has 0 heterocycles. The van der Waals surface area contributed by atoms with E-state index in [9.17, 15) is 0 Å². The summed E-state index contributed by atoms with van der Waals surface area (Å²) in [5, 5.41) is 0. The molecule has 0 amide bonds. The molecule has 0 atom stereocenters. The second-order valence-electron chi connectivity index (χ2n) is 15.0. The summed E-state index contributed by atoms with van der Waals surface area (Å²) >= 11 is 0. The van der Waals surface area contributed by atoms with Crippen molar-refractivity contribution in [3.63, 3.8) is 0 Å². The standard InChI is InChI=1S/C50H70O2/c1-3-5-7-9-11-13-15-17-19-21-23-41-51-49-37-33-47(34-38-49)45-29-25-43(26-30-45)44-27-31-46(32-28-44)48-35-39-50(40-36-48)52-42-24-22-20-18-16-14-12-10-8-6-4-2/h25-40H,3-24,41-42H2,1-2H3. The third-order valence-corrected chi connectivity index (χ3v) is 10.5. The minimum absolute atomic E-state index is 0.809. The van der Waals surface area contributed by atoms with E-state index in [-0.39, 0.29) is 0 Å². The van der Waals surface area contributed by atoms with Gasteiger partial charge in [0.15, 0.2) is 0 Å². The maximum absolute atomic E-state index is 6.04. The topological polar surface area (TPSA) is 18.5 Å². The van der Waals surface area contributed by atoms with Crippen LogP contribution in [0.15, 0.2) is 97.1 Å². The zero-order chi connectivity index (χ0) is 36.3. The quantitative estimate of drug-likeness (QED) is 0.0525. The lowest BCUT2D eigenvalue weighted by Crippen LogP contribution is -1.97. The molecular formula is C50H70O2. The smallest absolute Gasteiger partial charge is 0.119 e. The summed E-state index contributed by atoms with van der Waals surface area (Å²) < 4.78 is 12.1. The Bertz CT molecular complexity index is 1310. The van der Waals surface area contributed by atoms with Crippen LogP contribution in [0.25, 0.3) is 33.4 Å². The summed E-state index contributed by atoms with van der Waals surface area (Å²) in [6.45, 7) is 6.19. The van der Waals surface area contributed by atoms with Crippen LogP contribution in [0, 0.1) is 0 Å². The Balaban J connectivity index is 1.09. The van der Waals surface area contributed by atoms with Gasteiger partial charge >= 0.3 is 0 Å². The van der Waals surface area contributed by atoms with E-state index in [2.05, 4.69) is 111 Å². The van der Waals surface area contributed by atoms with Gasteiger partial charge < -0.3 is 9.47 Å². The van der Waals surface area contributed by atoms with Gasteiger partial charge in [0.05, 0.1) is 13.2 Å². The van der Waals surface area contributed by atoms with Gasteiger partial charge in [-0.05, 0) is 70.5 Å². The predicted octanol–water partition coefficient (Wildman–Crippen LogP) is 16.1. The summed E-state index contributed by atoms with van der Waals surface area (Å²) in [5.74, 6) is 1.93. The van der Waals surface area contributed by atoms with Gasteiger partial charge in [-0.15, -0.1) is 0 Å². The van der Waals surface area contributed by atoms with Crippen molar-refractivity contribution >= 4 is 0 Å². The lowest BCUT2D eigenvalue weighted by molar-refractivity contribution is 0.304. The van der Waals surface area contributed by atoms with Gasteiger partial charge in [0.1, 0.15) is 11.5 Å². The van der Waals surface area contributed by atoms with Crippen LogP contribution in [-0.2, 0) is 0 Å². The van der Waals surface area contributed by atoms with E-state index in [0.717, 1.165) is 37.6 Å². The maximum Gasteiger partial charge on any atom is 0.119 e. The van der Waals surface area contributed by atoms with E-state index in [1.54, 1.807) is 0 Å². The fraction of sp³-hybridized carbons (Fsp3) is 0.520. The molecule has 0 aliphatic rings. The molecule has 4 aromatic carbocycles. The van der Waals surface area contributed by atoms with Crippen LogP contribution in [0.5, 0.6) is 11.5 Å². The molecular weight excluding hydrogens is 633 g/mol. The molecule has 2 heteroatoms. The number of hydrogen-bond donors (Lipinski definition) is 0. The molecule has 0 saturated heterocycles. The highest BCUT2D eigenvalue weighted by molar-refractivity contribution is 5.73. The molecule has 4 rings (SSSR count). The van der Waals surface area contributed by atoms with Gasteiger partial charge in [0, 0.05) is 0 Å². The Morgan fingerprint density at radius 2 is 0.442 bits per heavy atom. The van der Waals surface area contributed by atoms with E-state index in [4.69, 9.17) is 9.47 Å². The molecule has 0 aromatic heterocycles. The first-order valence-corrected chi connectivity index (χ1v) is 21.4. The Hall–Kier alpha value is -3.52. The van der Waals surface area contributed by atoms with Crippen LogP contribution in [0.4, 0.5) is 0 Å². The number of benzene rings is 4. The second-order valence-corrected chi connectivity index (χ2v) is 15.0. The molecule has 0 radical (unpaired) electrons. The van der Waals surface area contributed by atoms with Crippen LogP contribution in [0.1, 0.15) is 155 Å². The first kappa shape index (κ1) is 41.2. The lowest BCUT2D eigenvalue weighted by atomic mass is 9.98. The first-order chi connectivity index (χ1) is 25.8. The predicted molar refractivity (Wildman–Crippen MR) is 227 cm³/mol.